The summed E-state index contributed by atoms with van der Waals surface area (Å²) < 4.78 is 25.5. The molecule has 0 aliphatic heterocycles. The summed E-state index contributed by atoms with van der Waals surface area (Å²) in [6.07, 6.45) is 6.27. The van der Waals surface area contributed by atoms with Crippen LogP contribution in [0.3, 0.4) is 0 Å². The van der Waals surface area contributed by atoms with Crippen molar-refractivity contribution in [2.24, 2.45) is 29.6 Å². The van der Waals surface area contributed by atoms with Crippen molar-refractivity contribution in [3.63, 3.8) is 0 Å². The van der Waals surface area contributed by atoms with Crippen LogP contribution in [0.15, 0.2) is 0 Å². The lowest BCUT2D eigenvalue weighted by atomic mass is 9.74. The number of amides is 2. The fourth-order valence-electron chi connectivity index (χ4n) is 7.01. The largest absolute Gasteiger partial charge is 0.393 e. The molecule has 5 atom stereocenters. The van der Waals surface area contributed by atoms with E-state index < -0.39 is 28.1 Å². The molecule has 2 rings (SSSR count). The second kappa shape index (κ2) is 19.8. The van der Waals surface area contributed by atoms with Gasteiger partial charge in [0.2, 0.25) is 21.8 Å². The molecule has 0 saturated heterocycles. The molecular formula is C34H62N4O6S. The molecule has 0 radical (unpaired) electrons. The van der Waals surface area contributed by atoms with Crippen LogP contribution < -0.4 is 10.1 Å². The van der Waals surface area contributed by atoms with E-state index in [4.69, 9.17) is 0 Å². The lowest BCUT2D eigenvalue weighted by molar-refractivity contribution is -0.139. The highest BCUT2D eigenvalue weighted by molar-refractivity contribution is 7.89. The average molecular weight is 655 g/mol. The number of carbonyl (C=O) groups is 2. The van der Waals surface area contributed by atoms with Crippen LogP contribution in [0, 0.1) is 41.4 Å². The summed E-state index contributed by atoms with van der Waals surface area (Å²) in [6.45, 7) is 13.4. The van der Waals surface area contributed by atoms with E-state index in [1.165, 1.54) is 0 Å². The second-order valence-electron chi connectivity index (χ2n) is 13.8. The van der Waals surface area contributed by atoms with E-state index in [2.05, 4.69) is 35.8 Å². The van der Waals surface area contributed by atoms with Crippen LogP contribution in [0.25, 0.3) is 0 Å². The zero-order chi connectivity index (χ0) is 33.6. The molecule has 0 aromatic rings. The van der Waals surface area contributed by atoms with Crippen LogP contribution in [0.5, 0.6) is 0 Å². The molecule has 0 spiro atoms. The second-order valence-corrected chi connectivity index (χ2v) is 15.6. The van der Waals surface area contributed by atoms with E-state index in [0.717, 1.165) is 25.7 Å². The molecule has 0 aromatic heterocycles. The molecule has 2 aliphatic carbocycles. The Morgan fingerprint density at radius 1 is 0.933 bits per heavy atom. The number of sulfonamides is 1. The van der Waals surface area contributed by atoms with Gasteiger partial charge in [0.05, 0.1) is 24.0 Å². The van der Waals surface area contributed by atoms with Crippen molar-refractivity contribution in [1.82, 2.24) is 20.1 Å². The van der Waals surface area contributed by atoms with Crippen LogP contribution in [-0.4, -0.2) is 90.5 Å². The number of nitrogens with one attached hydrogen (secondary N) is 2. The van der Waals surface area contributed by atoms with Gasteiger partial charge in [-0.15, -0.1) is 16.7 Å². The zero-order valence-electron chi connectivity index (χ0n) is 28.8. The summed E-state index contributed by atoms with van der Waals surface area (Å²) in [4.78, 5) is 32.1. The van der Waals surface area contributed by atoms with Gasteiger partial charge >= 0.3 is 0 Å². The van der Waals surface area contributed by atoms with Crippen molar-refractivity contribution in [2.45, 2.75) is 130 Å². The van der Waals surface area contributed by atoms with Crippen LogP contribution in [-0.2, 0) is 19.6 Å². The normalized spacial score (nSPS) is 25.3. The fraction of sp³-hybridized carbons (Fsp3) is 0.882. The minimum absolute atomic E-state index is 0.0226. The average Bonchev–Trinajstić information content (AvgIpc) is 2.96. The van der Waals surface area contributed by atoms with E-state index in [-0.39, 0.29) is 53.9 Å². The van der Waals surface area contributed by atoms with Gasteiger partial charge in [-0.1, -0.05) is 34.6 Å². The summed E-state index contributed by atoms with van der Waals surface area (Å²) in [5.41, 5.74) is 0. The van der Waals surface area contributed by atoms with Gasteiger partial charge in [-0.2, -0.15) is 0 Å². The first-order valence-electron chi connectivity index (χ1n) is 17.4. The third kappa shape index (κ3) is 13.9. The Labute approximate surface area is 273 Å². The first kappa shape index (κ1) is 39.5. The highest BCUT2D eigenvalue weighted by atomic mass is 32.2. The Bertz CT molecular complexity index is 1060. The summed E-state index contributed by atoms with van der Waals surface area (Å²) in [7, 11) is -3.59. The molecule has 2 aliphatic rings. The monoisotopic (exact) mass is 654 g/mol. The maximum absolute atomic E-state index is 13.9. The predicted molar refractivity (Wildman–Crippen MR) is 179 cm³/mol. The van der Waals surface area contributed by atoms with Gasteiger partial charge in [0.15, 0.2) is 0 Å². The Kier molecular flexibility index (Phi) is 17.4. The van der Waals surface area contributed by atoms with Crippen molar-refractivity contribution < 1.29 is 28.2 Å². The summed E-state index contributed by atoms with van der Waals surface area (Å²) >= 11 is 0. The van der Waals surface area contributed by atoms with Crippen molar-refractivity contribution in [3.05, 3.63) is 0 Å². The van der Waals surface area contributed by atoms with Crippen LogP contribution in [0.1, 0.15) is 112 Å². The molecule has 4 N–H and O–H groups in total. The first-order chi connectivity index (χ1) is 21.3. The van der Waals surface area contributed by atoms with E-state index in [1.54, 1.807) is 11.9 Å². The quantitative estimate of drug-likeness (QED) is 0.131. The standard InChI is InChI=1S/C34H62N4O6S/c1-7-11-27-19-28(22-29(20-27)34(42)37(16-8-2)17-9-3)33(41)35-31(21-26-12-14-30(39)15-13-26)32(40)23-38(18-10-4)36-45(43,44)24-25(5)6/h25-32,36,39-40H,8-10,12-24H2,1-6H3,(H,35,41). The Morgan fingerprint density at radius 3 is 2.09 bits per heavy atom. The van der Waals surface area contributed by atoms with Gasteiger partial charge in [0.25, 0.3) is 0 Å². The maximum Gasteiger partial charge on any atom is 0.225 e. The molecule has 2 amide bonds. The van der Waals surface area contributed by atoms with Crippen LogP contribution >= 0.6 is 0 Å². The minimum atomic E-state index is -3.59. The molecule has 45 heavy (non-hydrogen) atoms. The number of aliphatic hydroxyl groups excluding tert-OH is 2. The van der Waals surface area contributed by atoms with Gasteiger partial charge in [-0.3, -0.25) is 9.59 Å². The topological polar surface area (TPSA) is 139 Å². The Balaban J connectivity index is 2.26. The van der Waals surface area contributed by atoms with Gasteiger partial charge < -0.3 is 20.4 Å². The number of hydrogen-bond donors (Lipinski definition) is 4. The van der Waals surface area contributed by atoms with Crippen LogP contribution in [0.4, 0.5) is 0 Å². The predicted octanol–water partition coefficient (Wildman–Crippen LogP) is 3.68. The number of hydrogen-bond acceptors (Lipinski definition) is 7. The van der Waals surface area contributed by atoms with Crippen molar-refractivity contribution in [1.29, 1.82) is 0 Å². The minimum Gasteiger partial charge on any atom is -0.393 e. The summed E-state index contributed by atoms with van der Waals surface area (Å²) in [5.74, 6) is 5.53. The molecule has 260 valence electrons. The first-order valence-corrected chi connectivity index (χ1v) is 19.1. The molecular weight excluding hydrogens is 592 g/mol. The van der Waals surface area contributed by atoms with E-state index in [1.807, 2.05) is 25.7 Å². The van der Waals surface area contributed by atoms with Gasteiger partial charge in [0, 0.05) is 43.9 Å². The molecule has 0 bridgehead atoms. The number of carbonyl (C=O) groups excluding carboxylic acids is 2. The fourth-order valence-corrected chi connectivity index (χ4v) is 8.52. The van der Waals surface area contributed by atoms with Gasteiger partial charge in [-0.25, -0.2) is 13.4 Å². The Hall–Kier alpha value is -1.71. The third-order valence-electron chi connectivity index (χ3n) is 8.99. The number of rotatable bonds is 18. The van der Waals surface area contributed by atoms with E-state index >= 15 is 0 Å². The highest BCUT2D eigenvalue weighted by Crippen LogP contribution is 2.35. The molecule has 11 heteroatoms. The molecule has 0 heterocycles. The SMILES string of the molecule is CC#CC1CC(C(=O)NC(CC2CCC(O)CC2)C(O)CN(CCC)NS(=O)(=O)CC(C)C)CC(C(=O)N(CCC)CCC)C1. The Morgan fingerprint density at radius 2 is 1.53 bits per heavy atom. The van der Waals surface area contributed by atoms with Gasteiger partial charge in [0.1, 0.15) is 0 Å². The number of aliphatic hydroxyl groups is 2. The van der Waals surface area contributed by atoms with Crippen molar-refractivity contribution >= 4 is 21.8 Å². The molecule has 2 saturated carbocycles. The van der Waals surface area contributed by atoms with E-state index in [0.29, 0.717) is 64.6 Å². The summed E-state index contributed by atoms with van der Waals surface area (Å²) in [6, 6.07) is -0.602. The smallest absolute Gasteiger partial charge is 0.225 e. The summed E-state index contributed by atoms with van der Waals surface area (Å²) in [5, 5.41) is 26.3. The highest BCUT2D eigenvalue weighted by Gasteiger charge is 2.39. The molecule has 2 fully saturated rings. The lowest BCUT2D eigenvalue weighted by Crippen LogP contribution is -2.54. The number of nitrogens with zero attached hydrogens (tertiary/aromatic N) is 2. The zero-order valence-corrected chi connectivity index (χ0v) is 29.6. The van der Waals surface area contributed by atoms with Crippen molar-refractivity contribution in [2.75, 3.05) is 31.9 Å². The third-order valence-corrected chi connectivity index (χ3v) is 10.6. The van der Waals surface area contributed by atoms with Gasteiger partial charge in [-0.05, 0) is 89.4 Å². The lowest BCUT2D eigenvalue weighted by Gasteiger charge is -2.37. The molecule has 10 nitrogen and oxygen atoms in total. The molecule has 5 unspecified atom stereocenters. The van der Waals surface area contributed by atoms with E-state index in [9.17, 15) is 28.2 Å². The van der Waals surface area contributed by atoms with Crippen LogP contribution in [0.2, 0.25) is 0 Å². The van der Waals surface area contributed by atoms with Crippen molar-refractivity contribution in [3.8, 4) is 11.8 Å². The molecule has 0 aromatic carbocycles. The maximum atomic E-state index is 13.9. The number of hydrazine groups is 1.